The summed E-state index contributed by atoms with van der Waals surface area (Å²) in [6.07, 6.45) is 3.88. The summed E-state index contributed by atoms with van der Waals surface area (Å²) in [6, 6.07) is 0. The molecule has 0 bridgehead atoms. The van der Waals surface area contributed by atoms with E-state index in [2.05, 4.69) is 34.4 Å². The number of rotatable bonds is 7. The Kier molecular flexibility index (Phi) is 5.69. The summed E-state index contributed by atoms with van der Waals surface area (Å²) in [5.74, 6) is 0.428. The molecule has 0 saturated carbocycles. The summed E-state index contributed by atoms with van der Waals surface area (Å²) in [4.78, 5) is 20.0. The minimum Gasteiger partial charge on any atom is -0.385 e. The summed E-state index contributed by atoms with van der Waals surface area (Å²) in [5.41, 5.74) is 0.311. The van der Waals surface area contributed by atoms with E-state index >= 15 is 0 Å². The predicted molar refractivity (Wildman–Crippen MR) is 74.2 cm³/mol. The summed E-state index contributed by atoms with van der Waals surface area (Å²) in [5, 5.41) is 5.72. The van der Waals surface area contributed by atoms with E-state index in [0.717, 1.165) is 6.42 Å². The Hall–Kier alpha value is -1.69. The summed E-state index contributed by atoms with van der Waals surface area (Å²) in [6.45, 7) is 5.42. The molecule has 1 rings (SSSR count). The van der Waals surface area contributed by atoms with Crippen molar-refractivity contribution in [2.75, 3.05) is 32.6 Å². The first kappa shape index (κ1) is 15.4. The minimum absolute atomic E-state index is 0.00991. The third kappa shape index (κ3) is 5.21. The van der Waals surface area contributed by atoms with Gasteiger partial charge in [-0.05, 0) is 11.8 Å². The molecule has 19 heavy (non-hydrogen) atoms. The molecule has 0 aliphatic heterocycles. The normalized spacial score (nSPS) is 11.2. The van der Waals surface area contributed by atoms with Gasteiger partial charge in [-0.3, -0.25) is 4.79 Å². The highest BCUT2D eigenvalue weighted by Gasteiger charge is 2.19. The Morgan fingerprint density at radius 3 is 2.63 bits per heavy atom. The van der Waals surface area contributed by atoms with E-state index in [1.807, 2.05) is 0 Å². The predicted octanol–water partition coefficient (Wildman–Crippen LogP) is 1.31. The van der Waals surface area contributed by atoms with Gasteiger partial charge in [0, 0.05) is 27.3 Å². The van der Waals surface area contributed by atoms with E-state index in [1.165, 1.54) is 12.4 Å². The fourth-order valence-corrected chi connectivity index (χ4v) is 1.45. The van der Waals surface area contributed by atoms with Gasteiger partial charge in [-0.25, -0.2) is 9.97 Å². The summed E-state index contributed by atoms with van der Waals surface area (Å²) >= 11 is 0. The van der Waals surface area contributed by atoms with E-state index in [9.17, 15) is 4.79 Å². The van der Waals surface area contributed by atoms with Gasteiger partial charge < -0.3 is 15.4 Å². The van der Waals surface area contributed by atoms with Gasteiger partial charge in [-0.15, -0.1) is 0 Å². The fourth-order valence-electron chi connectivity index (χ4n) is 1.45. The van der Waals surface area contributed by atoms with E-state index in [-0.39, 0.29) is 11.3 Å². The van der Waals surface area contributed by atoms with Crippen molar-refractivity contribution in [1.29, 1.82) is 0 Å². The lowest BCUT2D eigenvalue weighted by Gasteiger charge is -2.24. The highest BCUT2D eigenvalue weighted by molar-refractivity contribution is 5.92. The molecule has 0 fully saturated rings. The van der Waals surface area contributed by atoms with Crippen LogP contribution in [0.5, 0.6) is 0 Å². The quantitative estimate of drug-likeness (QED) is 0.778. The third-order valence-corrected chi connectivity index (χ3v) is 2.85. The van der Waals surface area contributed by atoms with Gasteiger partial charge in [0.15, 0.2) is 0 Å². The van der Waals surface area contributed by atoms with Crippen LogP contribution in [-0.4, -0.2) is 43.2 Å². The molecule has 0 aliphatic rings. The lowest BCUT2D eigenvalue weighted by Crippen LogP contribution is -2.35. The topological polar surface area (TPSA) is 76.1 Å². The number of hydrogen-bond acceptors (Lipinski definition) is 5. The maximum atomic E-state index is 11.9. The van der Waals surface area contributed by atoms with Crippen LogP contribution in [-0.2, 0) is 4.74 Å². The Labute approximate surface area is 114 Å². The second kappa shape index (κ2) is 7.04. The van der Waals surface area contributed by atoms with E-state index in [4.69, 9.17) is 4.74 Å². The summed E-state index contributed by atoms with van der Waals surface area (Å²) in [7, 11) is 3.43. The highest BCUT2D eigenvalue weighted by Crippen LogP contribution is 2.18. The number of aromatic nitrogens is 2. The lowest BCUT2D eigenvalue weighted by molar-refractivity contribution is 0.0915. The second-order valence-electron chi connectivity index (χ2n) is 5.13. The molecule has 1 heterocycles. The molecule has 6 nitrogen and oxygen atoms in total. The number of carbonyl (C=O) groups is 1. The average molecular weight is 266 g/mol. The molecule has 0 atom stereocenters. The molecule has 0 spiro atoms. The number of carbonyl (C=O) groups excluding carboxylic acids is 1. The first-order chi connectivity index (χ1) is 8.98. The molecule has 6 heteroatoms. The molecule has 1 amide bonds. The van der Waals surface area contributed by atoms with Gasteiger partial charge in [-0.2, -0.15) is 0 Å². The van der Waals surface area contributed by atoms with Crippen LogP contribution in [0.4, 0.5) is 5.82 Å². The van der Waals surface area contributed by atoms with Crippen LogP contribution in [0.25, 0.3) is 0 Å². The Bertz CT molecular complexity index is 404. The number of nitrogens with one attached hydrogen (secondary N) is 2. The average Bonchev–Trinajstić information content (AvgIpc) is 2.43. The van der Waals surface area contributed by atoms with Crippen LogP contribution in [0.2, 0.25) is 0 Å². The van der Waals surface area contributed by atoms with Crippen LogP contribution in [0.1, 0.15) is 30.8 Å². The molecule has 1 aromatic rings. The van der Waals surface area contributed by atoms with E-state index in [0.29, 0.717) is 24.7 Å². The molecule has 1 aromatic heterocycles. The van der Waals surface area contributed by atoms with Crippen LogP contribution in [0.3, 0.4) is 0 Å². The number of hydrogen-bond donors (Lipinski definition) is 2. The van der Waals surface area contributed by atoms with Gasteiger partial charge in [0.1, 0.15) is 11.5 Å². The molecular weight excluding hydrogens is 244 g/mol. The molecular formula is C13H22N4O2. The first-order valence-electron chi connectivity index (χ1n) is 6.25. The molecule has 0 radical (unpaired) electrons. The zero-order chi connectivity index (χ0) is 14.3. The Balaban J connectivity index is 2.50. The van der Waals surface area contributed by atoms with Crippen molar-refractivity contribution < 1.29 is 9.53 Å². The van der Waals surface area contributed by atoms with Crippen molar-refractivity contribution in [2.24, 2.45) is 5.41 Å². The largest absolute Gasteiger partial charge is 0.385 e. The van der Waals surface area contributed by atoms with E-state index in [1.54, 1.807) is 14.2 Å². The van der Waals surface area contributed by atoms with Crippen molar-refractivity contribution in [3.63, 3.8) is 0 Å². The van der Waals surface area contributed by atoms with Gasteiger partial charge in [0.05, 0.1) is 12.4 Å². The second-order valence-corrected chi connectivity index (χ2v) is 5.13. The van der Waals surface area contributed by atoms with Crippen LogP contribution < -0.4 is 10.6 Å². The number of methoxy groups -OCH3 is 1. The van der Waals surface area contributed by atoms with Gasteiger partial charge >= 0.3 is 0 Å². The van der Waals surface area contributed by atoms with Crippen molar-refractivity contribution in [3.05, 3.63) is 18.1 Å². The standard InChI is InChI=1S/C13H22N4O2/c1-13(2,5-6-19-4)9-17-12(18)10-7-16-11(14-3)8-15-10/h7-8H,5-6,9H2,1-4H3,(H,14,16)(H,17,18). The van der Waals surface area contributed by atoms with E-state index < -0.39 is 0 Å². The fraction of sp³-hybridized carbons (Fsp3) is 0.615. The Morgan fingerprint density at radius 2 is 2.11 bits per heavy atom. The molecule has 0 aromatic carbocycles. The smallest absolute Gasteiger partial charge is 0.271 e. The van der Waals surface area contributed by atoms with Crippen LogP contribution in [0, 0.1) is 5.41 Å². The molecule has 2 N–H and O–H groups in total. The highest BCUT2D eigenvalue weighted by atomic mass is 16.5. The molecule has 0 aliphatic carbocycles. The number of nitrogens with zero attached hydrogens (tertiary/aromatic N) is 2. The number of ether oxygens (including phenoxy) is 1. The zero-order valence-corrected chi connectivity index (χ0v) is 12.0. The van der Waals surface area contributed by atoms with Crippen molar-refractivity contribution in [2.45, 2.75) is 20.3 Å². The third-order valence-electron chi connectivity index (χ3n) is 2.85. The maximum absolute atomic E-state index is 11.9. The molecule has 0 unspecified atom stereocenters. The van der Waals surface area contributed by atoms with Crippen molar-refractivity contribution >= 4 is 11.7 Å². The maximum Gasteiger partial charge on any atom is 0.271 e. The number of anilines is 1. The van der Waals surface area contributed by atoms with Gasteiger partial charge in [0.2, 0.25) is 0 Å². The number of amides is 1. The van der Waals surface area contributed by atoms with Crippen molar-refractivity contribution in [3.8, 4) is 0 Å². The van der Waals surface area contributed by atoms with Crippen molar-refractivity contribution in [1.82, 2.24) is 15.3 Å². The molecule has 106 valence electrons. The van der Waals surface area contributed by atoms with Crippen LogP contribution in [0.15, 0.2) is 12.4 Å². The minimum atomic E-state index is -0.208. The summed E-state index contributed by atoms with van der Waals surface area (Å²) < 4.78 is 5.05. The van der Waals surface area contributed by atoms with Gasteiger partial charge in [-0.1, -0.05) is 13.8 Å². The monoisotopic (exact) mass is 266 g/mol. The lowest BCUT2D eigenvalue weighted by atomic mass is 9.90. The molecule has 0 saturated heterocycles. The zero-order valence-electron chi connectivity index (χ0n) is 12.0. The SMILES string of the molecule is CNc1cnc(C(=O)NCC(C)(C)CCOC)cn1. The van der Waals surface area contributed by atoms with Crippen LogP contribution >= 0.6 is 0 Å². The first-order valence-corrected chi connectivity index (χ1v) is 6.25. The Morgan fingerprint density at radius 1 is 1.37 bits per heavy atom. The van der Waals surface area contributed by atoms with Gasteiger partial charge in [0.25, 0.3) is 5.91 Å².